The third-order valence-electron chi connectivity index (χ3n) is 2.23. The summed E-state index contributed by atoms with van der Waals surface area (Å²) >= 11 is 0. The Labute approximate surface area is 92.7 Å². The van der Waals surface area contributed by atoms with Gasteiger partial charge in [-0.25, -0.2) is 0 Å². The molecule has 0 aliphatic carbocycles. The van der Waals surface area contributed by atoms with Gasteiger partial charge in [0.05, 0.1) is 6.10 Å². The summed E-state index contributed by atoms with van der Waals surface area (Å²) in [6.45, 7) is 9.82. The van der Waals surface area contributed by atoms with E-state index in [1.54, 1.807) is 6.92 Å². The number of amides is 1. The minimum atomic E-state index is -0.346. The molecule has 0 aliphatic rings. The van der Waals surface area contributed by atoms with E-state index in [1.807, 2.05) is 6.92 Å². The van der Waals surface area contributed by atoms with Gasteiger partial charge in [-0.1, -0.05) is 0 Å². The summed E-state index contributed by atoms with van der Waals surface area (Å²) in [5, 5.41) is 12.1. The zero-order valence-electron chi connectivity index (χ0n) is 10.3. The van der Waals surface area contributed by atoms with Gasteiger partial charge >= 0.3 is 0 Å². The molecule has 90 valence electrons. The van der Waals surface area contributed by atoms with Crippen molar-refractivity contribution < 1.29 is 9.90 Å². The number of aliphatic hydroxyl groups is 1. The van der Waals surface area contributed by atoms with Gasteiger partial charge in [-0.15, -0.1) is 0 Å². The molecule has 0 radical (unpaired) electrons. The molecule has 0 bridgehead atoms. The normalized spacial score (nSPS) is 13.3. The zero-order chi connectivity index (χ0) is 11.8. The number of carbonyl (C=O) groups excluding carboxylic acids is 1. The van der Waals surface area contributed by atoms with Crippen molar-refractivity contribution in [3.63, 3.8) is 0 Å². The molecule has 1 atom stereocenters. The smallest absolute Gasteiger partial charge is 0.221 e. The van der Waals surface area contributed by atoms with Crippen molar-refractivity contribution in [2.45, 2.75) is 46.3 Å². The fourth-order valence-electron chi connectivity index (χ4n) is 1.43. The van der Waals surface area contributed by atoms with Crippen LogP contribution in [0.4, 0.5) is 0 Å². The number of rotatable bonds is 7. The summed E-state index contributed by atoms with van der Waals surface area (Å²) in [5.74, 6) is 0.0775. The third-order valence-corrected chi connectivity index (χ3v) is 2.23. The van der Waals surface area contributed by atoms with Crippen LogP contribution in [-0.4, -0.2) is 47.7 Å². The maximum Gasteiger partial charge on any atom is 0.221 e. The van der Waals surface area contributed by atoms with Gasteiger partial charge in [-0.3, -0.25) is 9.69 Å². The van der Waals surface area contributed by atoms with Crippen LogP contribution in [0.25, 0.3) is 0 Å². The Balaban J connectivity index is 3.90. The van der Waals surface area contributed by atoms with E-state index in [4.69, 9.17) is 0 Å². The first kappa shape index (κ1) is 14.4. The van der Waals surface area contributed by atoms with Gasteiger partial charge in [-0.05, 0) is 27.7 Å². The maximum atomic E-state index is 11.3. The van der Waals surface area contributed by atoms with Gasteiger partial charge in [0.2, 0.25) is 5.91 Å². The lowest BCUT2D eigenvalue weighted by molar-refractivity contribution is -0.121. The number of nitrogens with one attached hydrogen (secondary N) is 1. The van der Waals surface area contributed by atoms with E-state index in [9.17, 15) is 9.90 Å². The third kappa shape index (κ3) is 7.33. The molecule has 4 nitrogen and oxygen atoms in total. The zero-order valence-corrected chi connectivity index (χ0v) is 10.3. The van der Waals surface area contributed by atoms with E-state index in [0.29, 0.717) is 32.1 Å². The molecule has 1 amide bonds. The lowest BCUT2D eigenvalue weighted by atomic mass is 10.2. The first-order chi connectivity index (χ1) is 6.97. The number of carbonyl (C=O) groups is 1. The Morgan fingerprint density at radius 3 is 2.40 bits per heavy atom. The predicted molar refractivity (Wildman–Crippen MR) is 61.7 cm³/mol. The van der Waals surface area contributed by atoms with Crippen LogP contribution in [-0.2, 0) is 4.79 Å². The van der Waals surface area contributed by atoms with Crippen LogP contribution in [0.15, 0.2) is 0 Å². The molecular formula is C11H24N2O2. The molecule has 0 saturated heterocycles. The Kier molecular flexibility index (Phi) is 7.34. The molecule has 0 aromatic carbocycles. The molecule has 0 aromatic rings. The summed E-state index contributed by atoms with van der Waals surface area (Å²) in [6, 6.07) is 0.356. The average Bonchev–Trinajstić information content (AvgIpc) is 2.11. The predicted octanol–water partition coefficient (Wildman–Crippen LogP) is 0.604. The second-order valence-electron chi connectivity index (χ2n) is 4.14. The standard InChI is InChI=1S/C11H24N2O2/c1-5-12-11(15)6-7-13(9(2)3)8-10(4)14/h9-10,14H,5-8H2,1-4H3,(H,12,15). The van der Waals surface area contributed by atoms with E-state index in [2.05, 4.69) is 24.1 Å². The van der Waals surface area contributed by atoms with Crippen LogP contribution < -0.4 is 5.32 Å². The van der Waals surface area contributed by atoms with Crippen molar-refractivity contribution in [3.05, 3.63) is 0 Å². The average molecular weight is 216 g/mol. The maximum absolute atomic E-state index is 11.3. The van der Waals surface area contributed by atoms with Gasteiger partial charge < -0.3 is 10.4 Å². The highest BCUT2D eigenvalue weighted by atomic mass is 16.3. The topological polar surface area (TPSA) is 52.6 Å². The fourth-order valence-corrected chi connectivity index (χ4v) is 1.43. The van der Waals surface area contributed by atoms with E-state index in [0.717, 1.165) is 0 Å². The molecule has 0 aromatic heterocycles. The van der Waals surface area contributed by atoms with Crippen molar-refractivity contribution in [1.29, 1.82) is 0 Å². The summed E-state index contributed by atoms with van der Waals surface area (Å²) in [5.41, 5.74) is 0. The Bertz CT molecular complexity index is 181. The fraction of sp³-hybridized carbons (Fsp3) is 0.909. The Morgan fingerprint density at radius 1 is 1.40 bits per heavy atom. The van der Waals surface area contributed by atoms with Crippen molar-refractivity contribution in [2.24, 2.45) is 0 Å². The second kappa shape index (κ2) is 7.65. The SMILES string of the molecule is CCNC(=O)CCN(CC(C)O)C(C)C. The largest absolute Gasteiger partial charge is 0.392 e. The highest BCUT2D eigenvalue weighted by Gasteiger charge is 2.13. The quantitative estimate of drug-likeness (QED) is 0.655. The first-order valence-electron chi connectivity index (χ1n) is 5.66. The molecule has 15 heavy (non-hydrogen) atoms. The molecule has 1 unspecified atom stereocenters. The number of aliphatic hydroxyl groups excluding tert-OH is 1. The lowest BCUT2D eigenvalue weighted by Crippen LogP contribution is -2.39. The van der Waals surface area contributed by atoms with Crippen molar-refractivity contribution in [2.75, 3.05) is 19.6 Å². The summed E-state index contributed by atoms with van der Waals surface area (Å²) in [7, 11) is 0. The first-order valence-corrected chi connectivity index (χ1v) is 5.66. The van der Waals surface area contributed by atoms with E-state index < -0.39 is 0 Å². The number of hydrogen-bond acceptors (Lipinski definition) is 3. The molecule has 0 rings (SSSR count). The number of hydrogen-bond donors (Lipinski definition) is 2. The highest BCUT2D eigenvalue weighted by molar-refractivity contribution is 5.75. The molecule has 4 heteroatoms. The van der Waals surface area contributed by atoms with Crippen molar-refractivity contribution >= 4 is 5.91 Å². The van der Waals surface area contributed by atoms with Crippen molar-refractivity contribution in [3.8, 4) is 0 Å². The Morgan fingerprint density at radius 2 is 2.00 bits per heavy atom. The molecule has 0 saturated carbocycles. The molecule has 0 heterocycles. The molecule has 2 N–H and O–H groups in total. The van der Waals surface area contributed by atoms with Gasteiger partial charge in [-0.2, -0.15) is 0 Å². The highest BCUT2D eigenvalue weighted by Crippen LogP contribution is 2.01. The van der Waals surface area contributed by atoms with Crippen LogP contribution in [0.2, 0.25) is 0 Å². The monoisotopic (exact) mass is 216 g/mol. The second-order valence-corrected chi connectivity index (χ2v) is 4.14. The van der Waals surface area contributed by atoms with Crippen LogP contribution in [0.5, 0.6) is 0 Å². The summed E-state index contributed by atoms with van der Waals surface area (Å²) < 4.78 is 0. The number of nitrogens with zero attached hydrogens (tertiary/aromatic N) is 1. The molecular weight excluding hydrogens is 192 g/mol. The van der Waals surface area contributed by atoms with Crippen LogP contribution in [0.3, 0.4) is 0 Å². The van der Waals surface area contributed by atoms with Gasteiger partial charge in [0.15, 0.2) is 0 Å². The molecule has 0 fully saturated rings. The summed E-state index contributed by atoms with van der Waals surface area (Å²) in [6.07, 6.45) is 0.153. The van der Waals surface area contributed by atoms with Crippen LogP contribution >= 0.6 is 0 Å². The van der Waals surface area contributed by atoms with Gasteiger partial charge in [0.25, 0.3) is 0 Å². The summed E-state index contributed by atoms with van der Waals surface area (Å²) in [4.78, 5) is 13.4. The van der Waals surface area contributed by atoms with Gasteiger partial charge in [0, 0.05) is 32.1 Å². The van der Waals surface area contributed by atoms with Crippen LogP contribution in [0.1, 0.15) is 34.1 Å². The lowest BCUT2D eigenvalue weighted by Gasteiger charge is -2.27. The minimum Gasteiger partial charge on any atom is -0.392 e. The molecule has 0 aliphatic heterocycles. The van der Waals surface area contributed by atoms with Crippen LogP contribution in [0, 0.1) is 0 Å². The van der Waals surface area contributed by atoms with E-state index in [1.165, 1.54) is 0 Å². The van der Waals surface area contributed by atoms with E-state index in [-0.39, 0.29) is 12.0 Å². The van der Waals surface area contributed by atoms with Gasteiger partial charge in [0.1, 0.15) is 0 Å². The molecule has 0 spiro atoms. The van der Waals surface area contributed by atoms with Crippen molar-refractivity contribution in [1.82, 2.24) is 10.2 Å². The minimum absolute atomic E-state index is 0.0775. The van der Waals surface area contributed by atoms with E-state index >= 15 is 0 Å². The Hall–Kier alpha value is -0.610.